The van der Waals surface area contributed by atoms with Crippen molar-refractivity contribution in [1.82, 2.24) is 9.55 Å². The molecule has 48 heavy (non-hydrogen) atoms. The van der Waals surface area contributed by atoms with Gasteiger partial charge in [0.2, 0.25) is 5.69 Å². The zero-order valence-electron chi connectivity index (χ0n) is 28.6. The molecule has 1 N–H and O–H groups in total. The number of hydrogen-bond donors (Lipinski definition) is 1. The van der Waals surface area contributed by atoms with Crippen LogP contribution in [0.4, 0.5) is 0 Å². The molecule has 6 rings (SSSR count). The van der Waals surface area contributed by atoms with Crippen molar-refractivity contribution in [3.8, 4) is 0 Å². The highest BCUT2D eigenvalue weighted by atomic mass is 32.9. The van der Waals surface area contributed by atoms with Gasteiger partial charge in [-0.15, -0.1) is 0 Å². The van der Waals surface area contributed by atoms with Crippen LogP contribution >= 0.6 is 17.1 Å². The van der Waals surface area contributed by atoms with Gasteiger partial charge in [0.15, 0.2) is 0 Å². The third-order valence-corrected chi connectivity index (χ3v) is 21.0. The third kappa shape index (κ3) is 6.82. The molecule has 3 fully saturated rings. The Balaban J connectivity index is 1.34. The number of H-pyrrole nitrogens is 1. The number of aromatic amines is 1. The summed E-state index contributed by atoms with van der Waals surface area (Å²) >= 11 is 7.92. The summed E-state index contributed by atoms with van der Waals surface area (Å²) in [5.41, 5.74) is -2.13. The lowest BCUT2D eigenvalue weighted by molar-refractivity contribution is -0.0394. The zero-order valence-corrected chi connectivity index (χ0v) is 32.2. The lowest BCUT2D eigenvalue weighted by atomic mass is 9.77. The van der Waals surface area contributed by atoms with Crippen LogP contribution in [0.2, 0.25) is 5.04 Å². The second kappa shape index (κ2) is 13.6. The summed E-state index contributed by atoms with van der Waals surface area (Å²) in [5, 5.41) is 2.08. The first-order chi connectivity index (χ1) is 22.6. The smallest absolute Gasteiger partial charge is 0.330 e. The molecule has 0 radical (unpaired) electrons. The van der Waals surface area contributed by atoms with Crippen molar-refractivity contribution in [3.05, 3.63) is 105 Å². The van der Waals surface area contributed by atoms with Crippen molar-refractivity contribution in [2.24, 2.45) is 5.92 Å². The van der Waals surface area contributed by atoms with Gasteiger partial charge in [-0.2, -0.15) is 0 Å². The van der Waals surface area contributed by atoms with Crippen LogP contribution in [-0.4, -0.2) is 47.5 Å². The Labute approximate surface area is 293 Å². The van der Waals surface area contributed by atoms with Crippen molar-refractivity contribution in [3.63, 3.8) is 0 Å². The van der Waals surface area contributed by atoms with Crippen LogP contribution < -0.4 is 21.6 Å². The summed E-state index contributed by atoms with van der Waals surface area (Å²) in [5.74, 6) is 0.410. The summed E-state index contributed by atoms with van der Waals surface area (Å²) in [7, 11) is -2.91. The van der Waals surface area contributed by atoms with Crippen LogP contribution in [-0.2, 0) is 30.0 Å². The van der Waals surface area contributed by atoms with Gasteiger partial charge in [0.05, 0.1) is 18.8 Å². The van der Waals surface area contributed by atoms with Crippen molar-refractivity contribution >= 4 is 47.6 Å². The van der Waals surface area contributed by atoms with Crippen LogP contribution in [0.1, 0.15) is 72.1 Å². The lowest BCUT2D eigenvalue weighted by Gasteiger charge is -2.43. The Kier molecular flexibility index (Phi) is 10.1. The normalized spacial score (nSPS) is 30.7. The quantitative estimate of drug-likeness (QED) is 0.150. The summed E-state index contributed by atoms with van der Waals surface area (Å²) in [6.45, 7) is 17.2. The van der Waals surface area contributed by atoms with E-state index in [2.05, 4.69) is 94.7 Å². The number of fused-ring (bicyclic) bond motifs is 1. The van der Waals surface area contributed by atoms with E-state index in [0.29, 0.717) is 17.9 Å². The molecule has 2 aliphatic heterocycles. The molecular weight excluding hydrogens is 680 g/mol. The number of nitrogens with zero attached hydrogens (tertiary/aromatic N) is 1. The maximum atomic E-state index is 13.0. The summed E-state index contributed by atoms with van der Waals surface area (Å²) < 4.78 is 28.9. The van der Waals surface area contributed by atoms with E-state index in [4.69, 9.17) is 30.0 Å². The molecule has 1 aliphatic carbocycles. The van der Waals surface area contributed by atoms with Crippen LogP contribution in [0.5, 0.6) is 0 Å². The molecule has 3 aromatic rings. The van der Waals surface area contributed by atoms with Gasteiger partial charge >= 0.3 is 5.69 Å². The minimum Gasteiger partial charge on any atom is -0.405 e. The van der Waals surface area contributed by atoms with Crippen molar-refractivity contribution in [1.29, 1.82) is 0 Å². The summed E-state index contributed by atoms with van der Waals surface area (Å²) in [4.78, 5) is 27.7. The first-order valence-corrected chi connectivity index (χ1v) is 22.7. The fraction of sp³-hybridized carbons (Fsp3) is 0.500. The van der Waals surface area contributed by atoms with Crippen LogP contribution in [0.15, 0.2) is 88.6 Å². The number of benzene rings is 2. The number of hydrogen-bond acceptors (Lipinski definition) is 8. The van der Waals surface area contributed by atoms with E-state index in [1.807, 2.05) is 12.1 Å². The Morgan fingerprint density at radius 1 is 1.12 bits per heavy atom. The molecule has 12 heteroatoms. The van der Waals surface area contributed by atoms with E-state index in [1.165, 1.54) is 10.1 Å². The molecule has 1 unspecified atom stereocenters. The largest absolute Gasteiger partial charge is 0.405 e. The van der Waals surface area contributed by atoms with Gasteiger partial charge in [0, 0.05) is 22.9 Å². The first-order valence-electron chi connectivity index (χ1n) is 16.7. The number of ether oxygens (including phenoxy) is 1. The van der Waals surface area contributed by atoms with Crippen LogP contribution in [0.3, 0.4) is 0 Å². The minimum absolute atomic E-state index is 0.0156. The monoisotopic (exact) mass is 726 g/mol. The molecule has 1 aromatic heterocycles. The average molecular weight is 727 g/mol. The van der Waals surface area contributed by atoms with E-state index in [0.717, 1.165) is 29.6 Å². The minimum atomic E-state index is -2.91. The fourth-order valence-corrected chi connectivity index (χ4v) is 19.7. The summed E-state index contributed by atoms with van der Waals surface area (Å²) in [6.07, 6.45) is 3.12. The molecule has 3 heterocycles. The number of nitrogens with one attached hydrogen (secondary N) is 1. The predicted molar refractivity (Wildman–Crippen MR) is 200 cm³/mol. The SMILES string of the molecule is C=C(C)[C@@H]1CC[C@]2(C)SP(=S)(O[C@H]3C[C@H](n4cc(C)c(=O)[nH]c4=O)O[C@@H]3CO[Si](c3ccccc3)(c3ccccc3)C(C)(C)C)O[C@H]2C1. The van der Waals surface area contributed by atoms with Gasteiger partial charge < -0.3 is 18.2 Å². The molecule has 2 saturated heterocycles. The maximum absolute atomic E-state index is 13.0. The molecule has 0 spiro atoms. The molecule has 3 aliphatic rings. The topological polar surface area (TPSA) is 91.8 Å². The standard InChI is InChI=1S/C36H47N2O6PS2Si/c1-24(2)26-18-19-36(7)31(20-26)44-45(46,47-36)43-29-21-32(38-22-25(3)33(39)37-34(38)40)42-30(29)23-41-48(35(4,5)6,27-14-10-8-11-15-27)28-16-12-9-13-17-28/h8-17,22,26,29-32H,1,18-21,23H2,2-7H3,(H,37,39,40)/t26-,29+,30-,31+,32-,36+,45?/m1/s1. The van der Waals surface area contributed by atoms with E-state index in [1.54, 1.807) is 24.5 Å². The Hall–Kier alpha value is -2.08. The van der Waals surface area contributed by atoms with Gasteiger partial charge in [-0.3, -0.25) is 14.3 Å². The molecule has 8 nitrogen and oxygen atoms in total. The van der Waals surface area contributed by atoms with Gasteiger partial charge in [0.25, 0.3) is 13.9 Å². The number of aryl methyl sites for hydroxylation is 1. The number of rotatable bonds is 9. The van der Waals surface area contributed by atoms with Gasteiger partial charge in [-0.1, -0.05) is 105 Å². The molecule has 258 valence electrons. The second-order valence-corrected chi connectivity index (χ2v) is 25.6. The second-order valence-electron chi connectivity index (χ2n) is 14.7. The molecule has 2 aromatic carbocycles. The highest BCUT2D eigenvalue weighted by Crippen LogP contribution is 2.76. The van der Waals surface area contributed by atoms with Crippen LogP contribution in [0, 0.1) is 12.8 Å². The molecule has 7 atom stereocenters. The molecule has 1 saturated carbocycles. The lowest BCUT2D eigenvalue weighted by Crippen LogP contribution is -2.67. The third-order valence-electron chi connectivity index (χ3n) is 10.2. The van der Waals surface area contributed by atoms with Gasteiger partial charge in [-0.25, -0.2) is 4.79 Å². The highest BCUT2D eigenvalue weighted by molar-refractivity contribution is 8.68. The van der Waals surface area contributed by atoms with Gasteiger partial charge in [-0.05, 0) is 73.2 Å². The zero-order chi connectivity index (χ0) is 34.5. The van der Waals surface area contributed by atoms with E-state index in [-0.39, 0.29) is 22.5 Å². The Morgan fingerprint density at radius 2 is 1.75 bits per heavy atom. The first kappa shape index (κ1) is 35.7. The fourth-order valence-electron chi connectivity index (χ4n) is 7.50. The van der Waals surface area contributed by atoms with E-state index < -0.39 is 43.7 Å². The average Bonchev–Trinajstić information content (AvgIpc) is 3.54. The molecule has 0 amide bonds. The van der Waals surface area contributed by atoms with E-state index >= 15 is 0 Å². The van der Waals surface area contributed by atoms with E-state index in [9.17, 15) is 9.59 Å². The van der Waals surface area contributed by atoms with Crippen molar-refractivity contribution in [2.45, 2.75) is 102 Å². The van der Waals surface area contributed by atoms with Crippen molar-refractivity contribution < 1.29 is 18.2 Å². The van der Waals surface area contributed by atoms with Crippen molar-refractivity contribution in [2.75, 3.05) is 6.61 Å². The molecular formula is C36H47N2O6PS2Si. The Morgan fingerprint density at radius 3 is 2.33 bits per heavy atom. The van der Waals surface area contributed by atoms with Gasteiger partial charge in [0.1, 0.15) is 12.3 Å². The Bertz CT molecular complexity index is 1770. The van der Waals surface area contributed by atoms with Crippen LogP contribution in [0.25, 0.3) is 0 Å². The highest BCUT2D eigenvalue weighted by Gasteiger charge is 2.56. The predicted octanol–water partition coefficient (Wildman–Crippen LogP) is 6.59. The molecule has 0 bridgehead atoms. The summed E-state index contributed by atoms with van der Waals surface area (Å²) in [6, 6.07) is 20.9. The maximum Gasteiger partial charge on any atom is 0.330 e. The number of allylic oxidation sites excluding steroid dienone is 1. The number of aromatic nitrogens is 2.